The molecule has 1 rings (SSSR count). The first-order chi connectivity index (χ1) is 6.04. The van der Waals surface area contributed by atoms with E-state index in [9.17, 15) is 14.7 Å². The Morgan fingerprint density at radius 1 is 1.31 bits per heavy atom. The Balaban J connectivity index is 2.80. The Bertz CT molecular complexity index is 229. The molecule has 1 aliphatic rings. The van der Waals surface area contributed by atoms with Crippen LogP contribution in [0.1, 0.15) is 12.8 Å². The van der Waals surface area contributed by atoms with Gasteiger partial charge in [0, 0.05) is 6.54 Å². The zero-order valence-corrected chi connectivity index (χ0v) is 6.88. The summed E-state index contributed by atoms with van der Waals surface area (Å²) in [6, 6.07) is -1.31. The normalized spacial score (nSPS) is 28.5. The van der Waals surface area contributed by atoms with Crippen LogP contribution in [0.25, 0.3) is 0 Å². The Morgan fingerprint density at radius 3 is 2.31 bits per heavy atom. The fourth-order valence-electron chi connectivity index (χ4n) is 1.49. The Labute approximate surface area is 74.4 Å². The van der Waals surface area contributed by atoms with E-state index < -0.39 is 24.2 Å². The molecule has 13 heavy (non-hydrogen) atoms. The number of piperidine rings is 1. The molecule has 2 atom stereocenters. The highest BCUT2D eigenvalue weighted by Gasteiger charge is 2.38. The standard InChI is InChI=1S/C7H11NO5/c9-4-2-1-3-8(7(12)13)5(4)6(10)11/h4-5,9H,1-3H2,(H,10,11)(H,12,13)/t4-,5+/m1/s1. The summed E-state index contributed by atoms with van der Waals surface area (Å²) in [5.74, 6) is -1.30. The van der Waals surface area contributed by atoms with Gasteiger partial charge in [0.2, 0.25) is 0 Å². The summed E-state index contributed by atoms with van der Waals surface area (Å²) in [6.07, 6.45) is -1.56. The van der Waals surface area contributed by atoms with Crippen molar-refractivity contribution in [2.24, 2.45) is 0 Å². The third-order valence-corrected chi connectivity index (χ3v) is 2.10. The van der Waals surface area contributed by atoms with E-state index in [1.807, 2.05) is 0 Å². The van der Waals surface area contributed by atoms with Gasteiger partial charge in [0.15, 0.2) is 6.04 Å². The minimum Gasteiger partial charge on any atom is -0.480 e. The maximum atomic E-state index is 10.6. The Hall–Kier alpha value is -1.30. The first-order valence-electron chi connectivity index (χ1n) is 3.94. The van der Waals surface area contributed by atoms with Gasteiger partial charge in [-0.2, -0.15) is 0 Å². The molecule has 0 aliphatic carbocycles. The van der Waals surface area contributed by atoms with Gasteiger partial charge in [-0.15, -0.1) is 0 Å². The molecule has 6 heteroatoms. The summed E-state index contributed by atoms with van der Waals surface area (Å²) in [6.45, 7) is 0.170. The molecule has 0 radical (unpaired) electrons. The lowest BCUT2D eigenvalue weighted by Gasteiger charge is -2.34. The van der Waals surface area contributed by atoms with E-state index in [0.29, 0.717) is 12.8 Å². The SMILES string of the molecule is O=C(O)[C@@H]1[C@H](O)CCCN1C(=O)O. The fraction of sp³-hybridized carbons (Fsp3) is 0.714. The molecule has 3 N–H and O–H groups in total. The van der Waals surface area contributed by atoms with Crippen molar-refractivity contribution in [2.75, 3.05) is 6.54 Å². The van der Waals surface area contributed by atoms with Gasteiger partial charge in [0.1, 0.15) is 0 Å². The number of aliphatic hydroxyl groups is 1. The number of likely N-dealkylation sites (tertiary alicyclic amines) is 1. The van der Waals surface area contributed by atoms with E-state index in [1.54, 1.807) is 0 Å². The molecule has 1 amide bonds. The van der Waals surface area contributed by atoms with Crippen LogP contribution in [0.15, 0.2) is 0 Å². The molecule has 1 aliphatic heterocycles. The summed E-state index contributed by atoms with van der Waals surface area (Å²) in [4.78, 5) is 21.9. The number of aliphatic hydroxyl groups excluding tert-OH is 1. The molecule has 0 aromatic rings. The highest BCUT2D eigenvalue weighted by atomic mass is 16.4. The van der Waals surface area contributed by atoms with Crippen molar-refractivity contribution in [3.05, 3.63) is 0 Å². The summed E-state index contributed by atoms with van der Waals surface area (Å²) in [5, 5.41) is 26.6. The van der Waals surface area contributed by atoms with Crippen LogP contribution in [-0.4, -0.2) is 51.0 Å². The maximum Gasteiger partial charge on any atom is 0.408 e. The molecule has 0 aromatic carbocycles. The fourth-order valence-corrected chi connectivity index (χ4v) is 1.49. The topological polar surface area (TPSA) is 98.1 Å². The van der Waals surface area contributed by atoms with Crippen LogP contribution >= 0.6 is 0 Å². The van der Waals surface area contributed by atoms with Gasteiger partial charge in [-0.25, -0.2) is 9.59 Å². The average Bonchev–Trinajstić information content (AvgIpc) is 2.02. The van der Waals surface area contributed by atoms with E-state index in [-0.39, 0.29) is 6.54 Å². The zero-order chi connectivity index (χ0) is 10.0. The minimum atomic E-state index is -1.31. The first-order valence-corrected chi connectivity index (χ1v) is 3.94. The third-order valence-electron chi connectivity index (χ3n) is 2.10. The van der Waals surface area contributed by atoms with Crippen molar-refractivity contribution in [3.63, 3.8) is 0 Å². The van der Waals surface area contributed by atoms with Crippen molar-refractivity contribution in [1.82, 2.24) is 4.90 Å². The quantitative estimate of drug-likeness (QED) is 0.520. The van der Waals surface area contributed by atoms with Crippen molar-refractivity contribution in [3.8, 4) is 0 Å². The predicted molar refractivity (Wildman–Crippen MR) is 41.4 cm³/mol. The Kier molecular flexibility index (Phi) is 2.72. The second-order valence-electron chi connectivity index (χ2n) is 2.97. The lowest BCUT2D eigenvalue weighted by atomic mass is 10.00. The molecular formula is C7H11NO5. The van der Waals surface area contributed by atoms with E-state index in [4.69, 9.17) is 10.2 Å². The number of rotatable bonds is 1. The third kappa shape index (κ3) is 1.89. The van der Waals surface area contributed by atoms with Crippen LogP contribution < -0.4 is 0 Å². The van der Waals surface area contributed by atoms with Gasteiger partial charge in [0.05, 0.1) is 6.10 Å². The van der Waals surface area contributed by atoms with E-state index in [0.717, 1.165) is 4.90 Å². The van der Waals surface area contributed by atoms with Gasteiger partial charge in [-0.05, 0) is 12.8 Å². The van der Waals surface area contributed by atoms with Crippen molar-refractivity contribution < 1.29 is 24.9 Å². The number of nitrogens with zero attached hydrogens (tertiary/aromatic N) is 1. The lowest BCUT2D eigenvalue weighted by Crippen LogP contribution is -2.54. The van der Waals surface area contributed by atoms with Gasteiger partial charge in [-0.3, -0.25) is 4.90 Å². The van der Waals surface area contributed by atoms with Crippen LogP contribution in [0.3, 0.4) is 0 Å². The van der Waals surface area contributed by atoms with Crippen LogP contribution in [-0.2, 0) is 4.79 Å². The van der Waals surface area contributed by atoms with E-state index in [2.05, 4.69) is 0 Å². The van der Waals surface area contributed by atoms with E-state index >= 15 is 0 Å². The molecule has 0 spiro atoms. The molecule has 74 valence electrons. The number of carbonyl (C=O) groups is 2. The number of carboxylic acid groups (broad SMARTS) is 2. The van der Waals surface area contributed by atoms with Gasteiger partial charge < -0.3 is 15.3 Å². The number of hydrogen-bond donors (Lipinski definition) is 3. The average molecular weight is 189 g/mol. The summed E-state index contributed by atoms with van der Waals surface area (Å²) < 4.78 is 0. The second kappa shape index (κ2) is 3.61. The number of aliphatic carboxylic acids is 1. The van der Waals surface area contributed by atoms with Crippen molar-refractivity contribution in [2.45, 2.75) is 25.0 Å². The highest BCUT2D eigenvalue weighted by molar-refractivity contribution is 5.80. The molecule has 0 unspecified atom stereocenters. The highest BCUT2D eigenvalue weighted by Crippen LogP contribution is 2.17. The lowest BCUT2D eigenvalue weighted by molar-refractivity contribution is -0.148. The number of hydrogen-bond acceptors (Lipinski definition) is 3. The molecule has 1 saturated heterocycles. The molecule has 6 nitrogen and oxygen atoms in total. The molecule has 0 saturated carbocycles. The predicted octanol–water partition coefficient (Wildman–Crippen LogP) is -0.426. The zero-order valence-electron chi connectivity index (χ0n) is 6.88. The molecule has 0 aromatic heterocycles. The second-order valence-corrected chi connectivity index (χ2v) is 2.97. The van der Waals surface area contributed by atoms with Crippen LogP contribution in [0.4, 0.5) is 4.79 Å². The number of amides is 1. The van der Waals surface area contributed by atoms with Crippen molar-refractivity contribution in [1.29, 1.82) is 0 Å². The summed E-state index contributed by atoms with van der Waals surface area (Å²) in [5.41, 5.74) is 0. The first kappa shape index (κ1) is 9.79. The Morgan fingerprint density at radius 2 is 1.92 bits per heavy atom. The van der Waals surface area contributed by atoms with Gasteiger partial charge in [-0.1, -0.05) is 0 Å². The van der Waals surface area contributed by atoms with Gasteiger partial charge >= 0.3 is 12.1 Å². The smallest absolute Gasteiger partial charge is 0.408 e. The van der Waals surface area contributed by atoms with Crippen LogP contribution in [0.2, 0.25) is 0 Å². The molecule has 1 fully saturated rings. The van der Waals surface area contributed by atoms with Crippen molar-refractivity contribution >= 4 is 12.1 Å². The van der Waals surface area contributed by atoms with Crippen LogP contribution in [0, 0.1) is 0 Å². The number of carboxylic acids is 1. The minimum absolute atomic E-state index is 0.170. The summed E-state index contributed by atoms with van der Waals surface area (Å²) in [7, 11) is 0. The molecule has 1 heterocycles. The molecule has 0 bridgehead atoms. The molecular weight excluding hydrogens is 178 g/mol. The summed E-state index contributed by atoms with van der Waals surface area (Å²) >= 11 is 0. The van der Waals surface area contributed by atoms with E-state index in [1.165, 1.54) is 0 Å². The monoisotopic (exact) mass is 189 g/mol. The van der Waals surface area contributed by atoms with Crippen LogP contribution in [0.5, 0.6) is 0 Å². The van der Waals surface area contributed by atoms with Gasteiger partial charge in [0.25, 0.3) is 0 Å². The maximum absolute atomic E-state index is 10.6. The largest absolute Gasteiger partial charge is 0.480 e.